The first-order valence-electron chi connectivity index (χ1n) is 5.38. The number of methoxy groups -OCH3 is 1. The Kier molecular flexibility index (Phi) is 5.42. The first-order chi connectivity index (χ1) is 7.72. The number of carbonyl (C=O) groups is 1. The predicted octanol–water partition coefficient (Wildman–Crippen LogP) is 2.81. The molecule has 0 aromatic carbocycles. The molecule has 1 aromatic rings. The number of esters is 1. The van der Waals surface area contributed by atoms with Gasteiger partial charge < -0.3 is 9.47 Å². The first-order valence-corrected chi connectivity index (χ1v) is 6.26. The third-order valence-corrected chi connectivity index (χ3v) is 3.05. The number of carbonyl (C=O) groups excluding carboxylic acids is 1. The highest BCUT2D eigenvalue weighted by atomic mass is 32.1. The third kappa shape index (κ3) is 3.28. The van der Waals surface area contributed by atoms with Crippen LogP contribution in [-0.4, -0.2) is 24.7 Å². The molecular weight excluding hydrogens is 226 g/mol. The normalized spacial score (nSPS) is 12.4. The Morgan fingerprint density at radius 2 is 2.31 bits per heavy atom. The van der Waals surface area contributed by atoms with Crippen molar-refractivity contribution in [3.05, 3.63) is 16.1 Å². The summed E-state index contributed by atoms with van der Waals surface area (Å²) in [6.07, 6.45) is 1.94. The smallest absolute Gasteiger partial charge is 0.357 e. The van der Waals surface area contributed by atoms with Crippen molar-refractivity contribution >= 4 is 17.3 Å². The van der Waals surface area contributed by atoms with Crippen LogP contribution < -0.4 is 0 Å². The fourth-order valence-corrected chi connectivity index (χ4v) is 2.25. The van der Waals surface area contributed by atoms with E-state index < -0.39 is 5.97 Å². The molecule has 1 heterocycles. The minimum absolute atomic E-state index is 0.00148. The van der Waals surface area contributed by atoms with Crippen LogP contribution in [0.3, 0.4) is 0 Å². The first kappa shape index (κ1) is 13.1. The maximum Gasteiger partial charge on any atom is 0.357 e. The zero-order chi connectivity index (χ0) is 12.0. The quantitative estimate of drug-likeness (QED) is 0.721. The highest BCUT2D eigenvalue weighted by molar-refractivity contribution is 7.09. The van der Waals surface area contributed by atoms with Gasteiger partial charge in [-0.15, -0.1) is 11.3 Å². The molecule has 90 valence electrons. The Morgan fingerprint density at radius 1 is 1.56 bits per heavy atom. The molecule has 16 heavy (non-hydrogen) atoms. The Labute approximate surface area is 99.6 Å². The van der Waals surface area contributed by atoms with Crippen molar-refractivity contribution < 1.29 is 14.3 Å². The Balaban J connectivity index is 2.76. The van der Waals surface area contributed by atoms with Crippen molar-refractivity contribution in [2.75, 3.05) is 13.7 Å². The molecule has 5 heteroatoms. The highest BCUT2D eigenvalue weighted by Gasteiger charge is 2.17. The van der Waals surface area contributed by atoms with E-state index in [4.69, 9.17) is 4.74 Å². The molecule has 1 aromatic heterocycles. The van der Waals surface area contributed by atoms with Gasteiger partial charge in [0, 0.05) is 12.0 Å². The molecule has 0 aliphatic carbocycles. The van der Waals surface area contributed by atoms with Crippen LogP contribution in [0.25, 0.3) is 0 Å². The van der Waals surface area contributed by atoms with Crippen LogP contribution in [0.15, 0.2) is 5.38 Å². The molecule has 0 aliphatic heterocycles. The molecule has 4 nitrogen and oxygen atoms in total. The van der Waals surface area contributed by atoms with Gasteiger partial charge in [0.1, 0.15) is 11.1 Å². The summed E-state index contributed by atoms with van der Waals surface area (Å²) < 4.78 is 10.2. The molecule has 0 saturated carbocycles. The van der Waals surface area contributed by atoms with E-state index in [0.717, 1.165) is 17.8 Å². The molecule has 0 radical (unpaired) electrons. The molecule has 0 amide bonds. The lowest BCUT2D eigenvalue weighted by atomic mass is 10.2. The van der Waals surface area contributed by atoms with E-state index in [1.807, 2.05) is 6.92 Å². The minimum atomic E-state index is -0.394. The SMILES string of the molecule is CCCC(OCC)c1nc(C(=O)OC)cs1. The number of ether oxygens (including phenoxy) is 2. The largest absolute Gasteiger partial charge is 0.464 e. The Morgan fingerprint density at radius 3 is 2.88 bits per heavy atom. The second kappa shape index (κ2) is 6.60. The summed E-state index contributed by atoms with van der Waals surface area (Å²) in [5.74, 6) is -0.394. The van der Waals surface area contributed by atoms with Crippen LogP contribution in [0.1, 0.15) is 48.3 Å². The second-order valence-electron chi connectivity index (χ2n) is 3.30. The Bertz CT molecular complexity index is 332. The number of aromatic nitrogens is 1. The van der Waals surface area contributed by atoms with Crippen molar-refractivity contribution in [3.8, 4) is 0 Å². The van der Waals surface area contributed by atoms with Crippen molar-refractivity contribution in [1.29, 1.82) is 0 Å². The van der Waals surface area contributed by atoms with Gasteiger partial charge in [0.25, 0.3) is 0 Å². The fraction of sp³-hybridized carbons (Fsp3) is 0.636. The van der Waals surface area contributed by atoms with Gasteiger partial charge in [-0.1, -0.05) is 13.3 Å². The average molecular weight is 243 g/mol. The van der Waals surface area contributed by atoms with Crippen molar-refractivity contribution in [2.45, 2.75) is 32.8 Å². The summed E-state index contributed by atoms with van der Waals surface area (Å²) in [5.41, 5.74) is 0.364. The molecule has 1 unspecified atom stereocenters. The van der Waals surface area contributed by atoms with Crippen molar-refractivity contribution in [3.63, 3.8) is 0 Å². The lowest BCUT2D eigenvalue weighted by Gasteiger charge is -2.12. The molecule has 0 spiro atoms. The summed E-state index contributed by atoms with van der Waals surface area (Å²) in [7, 11) is 1.35. The average Bonchev–Trinajstić information content (AvgIpc) is 2.77. The second-order valence-corrected chi connectivity index (χ2v) is 4.18. The van der Waals surface area contributed by atoms with E-state index in [9.17, 15) is 4.79 Å². The highest BCUT2D eigenvalue weighted by Crippen LogP contribution is 2.26. The number of rotatable bonds is 6. The van der Waals surface area contributed by atoms with Gasteiger partial charge in [-0.2, -0.15) is 0 Å². The van der Waals surface area contributed by atoms with Crippen molar-refractivity contribution in [2.24, 2.45) is 0 Å². The maximum atomic E-state index is 11.2. The van der Waals surface area contributed by atoms with Crippen LogP contribution in [0.4, 0.5) is 0 Å². The van der Waals surface area contributed by atoms with Crippen LogP contribution in [0, 0.1) is 0 Å². The Hall–Kier alpha value is -0.940. The molecule has 0 bridgehead atoms. The standard InChI is InChI=1S/C11H17NO3S/c1-4-6-9(15-5-2)10-12-8(7-16-10)11(13)14-3/h7,9H,4-6H2,1-3H3. The van der Waals surface area contributed by atoms with Crippen LogP contribution in [-0.2, 0) is 9.47 Å². The molecule has 1 rings (SSSR count). The molecule has 0 aliphatic rings. The number of hydrogen-bond donors (Lipinski definition) is 0. The van der Waals surface area contributed by atoms with E-state index in [2.05, 4.69) is 16.6 Å². The molecule has 0 N–H and O–H groups in total. The van der Waals surface area contributed by atoms with Gasteiger partial charge in [0.15, 0.2) is 5.69 Å². The monoisotopic (exact) mass is 243 g/mol. The zero-order valence-electron chi connectivity index (χ0n) is 9.86. The summed E-state index contributed by atoms with van der Waals surface area (Å²) >= 11 is 1.44. The summed E-state index contributed by atoms with van der Waals surface area (Å²) in [6.45, 7) is 4.70. The van der Waals surface area contributed by atoms with Gasteiger partial charge in [-0.3, -0.25) is 0 Å². The summed E-state index contributed by atoms with van der Waals surface area (Å²) in [4.78, 5) is 15.5. The van der Waals surface area contributed by atoms with Crippen molar-refractivity contribution in [1.82, 2.24) is 4.98 Å². The van der Waals surface area contributed by atoms with Gasteiger partial charge in [-0.05, 0) is 13.3 Å². The summed E-state index contributed by atoms with van der Waals surface area (Å²) in [6, 6.07) is 0. The fourth-order valence-electron chi connectivity index (χ4n) is 1.38. The van der Waals surface area contributed by atoms with E-state index in [0.29, 0.717) is 12.3 Å². The van der Waals surface area contributed by atoms with E-state index in [1.165, 1.54) is 18.4 Å². The third-order valence-electron chi connectivity index (χ3n) is 2.11. The van der Waals surface area contributed by atoms with Gasteiger partial charge >= 0.3 is 5.97 Å². The van der Waals surface area contributed by atoms with Crippen LogP contribution in [0.2, 0.25) is 0 Å². The molecule has 0 fully saturated rings. The molecule has 0 saturated heterocycles. The van der Waals surface area contributed by atoms with Gasteiger partial charge in [0.2, 0.25) is 0 Å². The van der Waals surface area contributed by atoms with Crippen LogP contribution in [0.5, 0.6) is 0 Å². The number of nitrogens with zero attached hydrogens (tertiary/aromatic N) is 1. The van der Waals surface area contributed by atoms with E-state index in [1.54, 1.807) is 5.38 Å². The topological polar surface area (TPSA) is 48.4 Å². The van der Waals surface area contributed by atoms with Gasteiger partial charge in [0.05, 0.1) is 7.11 Å². The lowest BCUT2D eigenvalue weighted by Crippen LogP contribution is -2.06. The number of hydrogen-bond acceptors (Lipinski definition) is 5. The number of thiazole rings is 1. The predicted molar refractivity (Wildman–Crippen MR) is 62.7 cm³/mol. The summed E-state index contributed by atoms with van der Waals surface area (Å²) in [5, 5.41) is 2.56. The van der Waals surface area contributed by atoms with Crippen LogP contribution >= 0.6 is 11.3 Å². The molecule has 1 atom stereocenters. The molecular formula is C11H17NO3S. The zero-order valence-corrected chi connectivity index (χ0v) is 10.7. The lowest BCUT2D eigenvalue weighted by molar-refractivity contribution is 0.0541. The maximum absolute atomic E-state index is 11.2. The van der Waals surface area contributed by atoms with E-state index in [-0.39, 0.29) is 6.10 Å². The minimum Gasteiger partial charge on any atom is -0.464 e. The van der Waals surface area contributed by atoms with Gasteiger partial charge in [-0.25, -0.2) is 9.78 Å². The van der Waals surface area contributed by atoms with E-state index >= 15 is 0 Å².